The molecule has 0 aliphatic rings. The summed E-state index contributed by atoms with van der Waals surface area (Å²) in [5.41, 5.74) is 1.02. The van der Waals surface area contributed by atoms with Crippen LogP contribution in [-0.2, 0) is 0 Å². The van der Waals surface area contributed by atoms with E-state index in [0.29, 0.717) is 6.61 Å². The Labute approximate surface area is 166 Å². The minimum Gasteiger partial charge on any atom is -0.492 e. The molecule has 0 unspecified atom stereocenters. The van der Waals surface area contributed by atoms with Crippen LogP contribution < -0.4 is 4.74 Å². The molecule has 0 fully saturated rings. The number of rotatable bonds is 9. The van der Waals surface area contributed by atoms with E-state index in [-0.39, 0.29) is 5.69 Å². The number of aromatic nitrogens is 1. The van der Waals surface area contributed by atoms with E-state index in [1.165, 1.54) is 23.9 Å². The van der Waals surface area contributed by atoms with Gasteiger partial charge in [-0.2, -0.15) is 0 Å². The summed E-state index contributed by atoms with van der Waals surface area (Å²) in [4.78, 5) is 18.2. The Morgan fingerprint density at radius 2 is 1.93 bits per heavy atom. The number of hydrogen-bond acceptors (Lipinski definition) is 7. The molecule has 3 aromatic rings. The Bertz CT molecular complexity index is 908. The van der Waals surface area contributed by atoms with Crippen LogP contribution >= 0.6 is 23.1 Å². The Morgan fingerprint density at radius 1 is 1.19 bits per heavy atom. The third-order valence-corrected chi connectivity index (χ3v) is 6.25. The number of fused-ring (bicyclic) bond motifs is 1. The van der Waals surface area contributed by atoms with Crippen molar-refractivity contribution in [3.63, 3.8) is 0 Å². The highest BCUT2D eigenvalue weighted by molar-refractivity contribution is 8.01. The van der Waals surface area contributed by atoms with Gasteiger partial charge in [0.05, 0.1) is 15.1 Å². The number of nitro groups is 1. The van der Waals surface area contributed by atoms with Crippen LogP contribution in [0.5, 0.6) is 5.75 Å². The first-order chi connectivity index (χ1) is 13.1. The number of ether oxygens (including phenoxy) is 1. The second kappa shape index (κ2) is 9.16. The number of hydrogen-bond donors (Lipinski definition) is 0. The lowest BCUT2D eigenvalue weighted by atomic mass is 10.3. The van der Waals surface area contributed by atoms with Gasteiger partial charge in [0, 0.05) is 23.6 Å². The summed E-state index contributed by atoms with van der Waals surface area (Å²) in [7, 11) is 0. The molecule has 0 N–H and O–H groups in total. The molecule has 0 amide bonds. The topological polar surface area (TPSA) is 68.5 Å². The van der Waals surface area contributed by atoms with Crippen molar-refractivity contribution in [1.29, 1.82) is 0 Å². The zero-order chi connectivity index (χ0) is 19.2. The summed E-state index contributed by atoms with van der Waals surface area (Å²) in [5, 5.41) is 10.7. The predicted molar refractivity (Wildman–Crippen MR) is 110 cm³/mol. The van der Waals surface area contributed by atoms with Crippen molar-refractivity contribution < 1.29 is 9.66 Å². The number of nitrogens with zero attached hydrogens (tertiary/aromatic N) is 3. The zero-order valence-corrected chi connectivity index (χ0v) is 16.9. The number of nitro benzene ring substituents is 1. The van der Waals surface area contributed by atoms with Crippen LogP contribution in [0.15, 0.2) is 51.7 Å². The smallest absolute Gasteiger partial charge is 0.269 e. The molecule has 0 spiro atoms. The van der Waals surface area contributed by atoms with Crippen molar-refractivity contribution >= 4 is 39.0 Å². The Kier molecular flexibility index (Phi) is 6.65. The van der Waals surface area contributed by atoms with Crippen molar-refractivity contribution in [2.24, 2.45) is 0 Å². The van der Waals surface area contributed by atoms with Gasteiger partial charge in [-0.25, -0.2) is 4.98 Å². The zero-order valence-electron chi connectivity index (χ0n) is 15.3. The van der Waals surface area contributed by atoms with E-state index < -0.39 is 4.92 Å². The number of likely N-dealkylation sites (N-methyl/N-ethyl adjacent to an activating group) is 1. The van der Waals surface area contributed by atoms with Crippen LogP contribution in [0.1, 0.15) is 13.8 Å². The van der Waals surface area contributed by atoms with Crippen LogP contribution in [0.4, 0.5) is 5.69 Å². The lowest BCUT2D eigenvalue weighted by Crippen LogP contribution is -2.27. The van der Waals surface area contributed by atoms with E-state index >= 15 is 0 Å². The number of non-ortho nitro benzene ring substituents is 1. The average molecular weight is 404 g/mol. The normalized spacial score (nSPS) is 11.2. The predicted octanol–water partition coefficient (Wildman–Crippen LogP) is 5.08. The maximum absolute atomic E-state index is 10.7. The monoisotopic (exact) mass is 403 g/mol. The molecular weight excluding hydrogens is 382 g/mol. The second-order valence-electron chi connectivity index (χ2n) is 5.84. The lowest BCUT2D eigenvalue weighted by Gasteiger charge is -2.17. The second-order valence-corrected chi connectivity index (χ2v) is 8.19. The third-order valence-electron chi connectivity index (χ3n) is 4.16. The van der Waals surface area contributed by atoms with Crippen molar-refractivity contribution in [3.05, 3.63) is 52.6 Å². The largest absolute Gasteiger partial charge is 0.492 e. The van der Waals surface area contributed by atoms with E-state index in [2.05, 4.69) is 23.7 Å². The quantitative estimate of drug-likeness (QED) is 0.367. The molecule has 6 nitrogen and oxygen atoms in total. The Balaban J connectivity index is 1.65. The van der Waals surface area contributed by atoms with Gasteiger partial charge in [0.15, 0.2) is 4.34 Å². The Hall–Kier alpha value is -2.16. The van der Waals surface area contributed by atoms with Gasteiger partial charge in [-0.1, -0.05) is 25.6 Å². The summed E-state index contributed by atoms with van der Waals surface area (Å²) < 4.78 is 7.85. The van der Waals surface area contributed by atoms with Gasteiger partial charge in [-0.15, -0.1) is 11.3 Å². The van der Waals surface area contributed by atoms with Crippen LogP contribution in [0.3, 0.4) is 0 Å². The molecule has 0 radical (unpaired) electrons. The highest BCUT2D eigenvalue weighted by Crippen LogP contribution is 2.36. The fraction of sp³-hybridized carbons (Fsp3) is 0.316. The molecular formula is C19H21N3O3S2. The molecule has 0 aliphatic heterocycles. The van der Waals surface area contributed by atoms with Crippen molar-refractivity contribution in [1.82, 2.24) is 9.88 Å². The molecule has 1 aromatic heterocycles. The first-order valence-corrected chi connectivity index (χ1v) is 10.4. The number of thiazole rings is 1. The number of benzene rings is 2. The Morgan fingerprint density at radius 3 is 2.59 bits per heavy atom. The van der Waals surface area contributed by atoms with Crippen LogP contribution in [0, 0.1) is 10.1 Å². The molecule has 1 heterocycles. The van der Waals surface area contributed by atoms with Gasteiger partial charge in [0.1, 0.15) is 12.4 Å². The molecule has 0 bridgehead atoms. The van der Waals surface area contributed by atoms with Crippen molar-refractivity contribution in [2.75, 3.05) is 26.2 Å². The summed E-state index contributed by atoms with van der Waals surface area (Å²) >= 11 is 3.10. The standard InChI is InChI=1S/C19H21N3O3S2/c1-3-21(4-2)11-12-25-15-7-10-17-18(13-15)27-19(20-17)26-16-8-5-14(6-9-16)22(23)24/h5-10,13H,3-4,11-12H2,1-2H3. The van der Waals surface area contributed by atoms with E-state index in [1.807, 2.05) is 18.2 Å². The lowest BCUT2D eigenvalue weighted by molar-refractivity contribution is -0.384. The molecule has 0 saturated heterocycles. The highest BCUT2D eigenvalue weighted by atomic mass is 32.2. The molecule has 0 saturated carbocycles. The van der Waals surface area contributed by atoms with E-state index in [4.69, 9.17) is 4.74 Å². The van der Waals surface area contributed by atoms with Gasteiger partial charge < -0.3 is 9.64 Å². The molecule has 8 heteroatoms. The molecule has 142 valence electrons. The molecule has 3 rings (SSSR count). The summed E-state index contributed by atoms with van der Waals surface area (Å²) in [6.45, 7) is 7.92. The molecule has 2 aromatic carbocycles. The van der Waals surface area contributed by atoms with E-state index in [9.17, 15) is 10.1 Å². The summed E-state index contributed by atoms with van der Waals surface area (Å²) in [6, 6.07) is 12.5. The summed E-state index contributed by atoms with van der Waals surface area (Å²) in [6.07, 6.45) is 0. The molecule has 0 aliphatic carbocycles. The van der Waals surface area contributed by atoms with Gasteiger partial charge in [0.2, 0.25) is 0 Å². The van der Waals surface area contributed by atoms with E-state index in [0.717, 1.165) is 44.8 Å². The van der Waals surface area contributed by atoms with Crippen LogP contribution in [0.25, 0.3) is 10.2 Å². The molecule has 0 atom stereocenters. The maximum Gasteiger partial charge on any atom is 0.269 e. The van der Waals surface area contributed by atoms with Crippen LogP contribution in [0.2, 0.25) is 0 Å². The van der Waals surface area contributed by atoms with Crippen molar-refractivity contribution in [3.8, 4) is 5.75 Å². The van der Waals surface area contributed by atoms with Gasteiger partial charge in [0.25, 0.3) is 5.69 Å². The van der Waals surface area contributed by atoms with E-state index in [1.54, 1.807) is 23.5 Å². The van der Waals surface area contributed by atoms with Gasteiger partial charge in [-0.3, -0.25) is 10.1 Å². The first kappa shape index (κ1) is 19.6. The van der Waals surface area contributed by atoms with Crippen LogP contribution in [-0.4, -0.2) is 41.0 Å². The third kappa shape index (κ3) is 5.18. The summed E-state index contributed by atoms with van der Waals surface area (Å²) in [5.74, 6) is 0.852. The minimum absolute atomic E-state index is 0.0927. The minimum atomic E-state index is -0.395. The van der Waals surface area contributed by atoms with Crippen molar-refractivity contribution in [2.45, 2.75) is 23.1 Å². The van der Waals surface area contributed by atoms with Gasteiger partial charge in [-0.05, 0) is 43.4 Å². The van der Waals surface area contributed by atoms with Gasteiger partial charge >= 0.3 is 0 Å². The SMILES string of the molecule is CCN(CC)CCOc1ccc2nc(Sc3ccc([N+](=O)[O-])cc3)sc2c1. The molecule has 27 heavy (non-hydrogen) atoms. The highest BCUT2D eigenvalue weighted by Gasteiger charge is 2.09. The maximum atomic E-state index is 10.7. The first-order valence-electron chi connectivity index (χ1n) is 8.77. The average Bonchev–Trinajstić information content (AvgIpc) is 3.07. The fourth-order valence-electron chi connectivity index (χ4n) is 2.59. The fourth-order valence-corrected chi connectivity index (χ4v) is 4.65.